The number of aliphatic hydroxyl groups is 1. The summed E-state index contributed by atoms with van der Waals surface area (Å²) in [5, 5.41) is 10.6. The molecule has 19 heteroatoms. The van der Waals surface area contributed by atoms with Crippen LogP contribution in [-0.2, 0) is 65.4 Å². The van der Waals surface area contributed by atoms with Crippen LogP contribution in [0.25, 0.3) is 0 Å². The van der Waals surface area contributed by atoms with Gasteiger partial charge in [0, 0.05) is 25.7 Å². The van der Waals surface area contributed by atoms with Crippen LogP contribution in [0.4, 0.5) is 0 Å². The highest BCUT2D eigenvalue weighted by Crippen LogP contribution is 2.45. The minimum atomic E-state index is -4.96. The minimum absolute atomic E-state index is 0.106. The lowest BCUT2D eigenvalue weighted by Crippen LogP contribution is -2.30. The van der Waals surface area contributed by atoms with E-state index in [2.05, 4.69) is 48.5 Å². The van der Waals surface area contributed by atoms with Crippen molar-refractivity contribution in [2.24, 2.45) is 17.8 Å². The Morgan fingerprint density at radius 1 is 0.312 bits per heavy atom. The number of esters is 4. The maximum Gasteiger partial charge on any atom is 0.472 e. The van der Waals surface area contributed by atoms with E-state index < -0.39 is 97.5 Å². The summed E-state index contributed by atoms with van der Waals surface area (Å²) in [5.41, 5.74) is 0. The van der Waals surface area contributed by atoms with Crippen LogP contribution in [0.3, 0.4) is 0 Å². The molecule has 0 rings (SSSR count). The average molecular weight is 1370 g/mol. The van der Waals surface area contributed by atoms with Crippen LogP contribution in [0.2, 0.25) is 0 Å². The van der Waals surface area contributed by atoms with Gasteiger partial charge in [-0.05, 0) is 43.4 Å². The molecule has 0 saturated heterocycles. The number of aliphatic hydroxyl groups excluding tert-OH is 1. The molecular weight excluding hydrogens is 1220 g/mol. The van der Waals surface area contributed by atoms with Gasteiger partial charge in [0.1, 0.15) is 19.3 Å². The van der Waals surface area contributed by atoms with Crippen LogP contribution < -0.4 is 0 Å². The minimum Gasteiger partial charge on any atom is -0.462 e. The van der Waals surface area contributed by atoms with Crippen molar-refractivity contribution < 1.29 is 80.2 Å². The number of carbonyl (C=O) groups is 4. The summed E-state index contributed by atoms with van der Waals surface area (Å²) >= 11 is 0. The van der Waals surface area contributed by atoms with Crippen LogP contribution in [0.1, 0.15) is 376 Å². The summed E-state index contributed by atoms with van der Waals surface area (Å²) in [6, 6.07) is 0. The molecule has 0 bridgehead atoms. The highest BCUT2D eigenvalue weighted by molar-refractivity contribution is 7.47. The summed E-state index contributed by atoms with van der Waals surface area (Å²) in [6.45, 7) is 11.9. The zero-order chi connectivity index (χ0) is 68.7. The van der Waals surface area contributed by atoms with E-state index in [1.54, 1.807) is 0 Å². The first kappa shape index (κ1) is 91.1. The molecule has 0 spiro atoms. The zero-order valence-electron chi connectivity index (χ0n) is 60.7. The van der Waals surface area contributed by atoms with E-state index in [1.807, 2.05) is 0 Å². The Bertz CT molecular complexity index is 1820. The molecule has 3 N–H and O–H groups in total. The third-order valence-corrected chi connectivity index (χ3v) is 19.4. The molecule has 0 aromatic heterocycles. The molecule has 0 aliphatic heterocycles. The lowest BCUT2D eigenvalue weighted by Gasteiger charge is -2.21. The van der Waals surface area contributed by atoms with Gasteiger partial charge in [-0.1, -0.05) is 325 Å². The van der Waals surface area contributed by atoms with Gasteiger partial charge in [0.25, 0.3) is 0 Å². The number of carbonyl (C=O) groups excluding carboxylic acids is 4. The second-order valence-electron chi connectivity index (χ2n) is 27.9. The quantitative estimate of drug-likeness (QED) is 0.0222. The molecule has 0 aliphatic rings. The standard InChI is InChI=1S/C74H144O17P2/c1-8-10-11-12-13-14-15-21-26-36-43-50-57-73(78)91-70(62-85-72(77)56-49-42-35-30-29-32-39-46-53-66(5)6)64-89-93(82,83)87-60-68(75)59-86-92(80,81)88-63-69(61-84-71(76)55-48-41-34-28-23-24-31-38-45-52-65(3)4)90-74(79)58-51-44-37-27-22-19-17-16-18-20-25-33-40-47-54-67(7)9-2/h65-70,75H,8-64H2,1-7H3,(H,80,81)(H,82,83)/t67?,68-,69-,70-/m1/s1. The predicted octanol–water partition coefficient (Wildman–Crippen LogP) is 21.4. The first-order valence-electron chi connectivity index (χ1n) is 38.4. The number of rotatable bonds is 72. The van der Waals surface area contributed by atoms with Gasteiger partial charge in [0.05, 0.1) is 26.4 Å². The Hall–Kier alpha value is -1.94. The Morgan fingerprint density at radius 3 is 0.817 bits per heavy atom. The molecule has 0 radical (unpaired) electrons. The Balaban J connectivity index is 5.24. The van der Waals surface area contributed by atoms with Crippen molar-refractivity contribution in [2.75, 3.05) is 39.6 Å². The molecule has 6 atom stereocenters. The molecular formula is C74H144O17P2. The first-order chi connectivity index (χ1) is 44.8. The maximum atomic E-state index is 13.1. The van der Waals surface area contributed by atoms with Crippen molar-refractivity contribution in [3.05, 3.63) is 0 Å². The molecule has 0 amide bonds. The second-order valence-corrected chi connectivity index (χ2v) is 30.8. The molecule has 0 fully saturated rings. The lowest BCUT2D eigenvalue weighted by atomic mass is 9.99. The van der Waals surface area contributed by atoms with Gasteiger partial charge in [0.2, 0.25) is 0 Å². The van der Waals surface area contributed by atoms with Crippen molar-refractivity contribution >= 4 is 39.5 Å². The van der Waals surface area contributed by atoms with Crippen LogP contribution >= 0.6 is 15.6 Å². The SMILES string of the molecule is CCCCCCCCCCCCCCC(=O)O[C@H](COC(=O)CCCCCCCCCCC(C)C)COP(=O)(O)OC[C@H](O)COP(=O)(O)OC[C@@H](COC(=O)CCCCCCCCCCCC(C)C)OC(=O)CCCCCCCCCCCCCCCCC(C)CC. The van der Waals surface area contributed by atoms with Crippen molar-refractivity contribution in [3.8, 4) is 0 Å². The van der Waals surface area contributed by atoms with E-state index in [9.17, 15) is 43.2 Å². The zero-order valence-corrected chi connectivity index (χ0v) is 62.5. The van der Waals surface area contributed by atoms with E-state index in [4.69, 9.17) is 37.0 Å². The monoisotopic (exact) mass is 1370 g/mol. The van der Waals surface area contributed by atoms with Crippen LogP contribution in [0.15, 0.2) is 0 Å². The smallest absolute Gasteiger partial charge is 0.462 e. The molecule has 17 nitrogen and oxygen atoms in total. The molecule has 3 unspecified atom stereocenters. The van der Waals surface area contributed by atoms with Crippen molar-refractivity contribution in [1.29, 1.82) is 0 Å². The summed E-state index contributed by atoms with van der Waals surface area (Å²) in [4.78, 5) is 72.7. The Labute approximate surface area is 568 Å². The van der Waals surface area contributed by atoms with E-state index >= 15 is 0 Å². The summed E-state index contributed by atoms with van der Waals surface area (Å²) in [7, 11) is -9.91. The summed E-state index contributed by atoms with van der Waals surface area (Å²) in [5.74, 6) is 0.196. The van der Waals surface area contributed by atoms with Gasteiger partial charge in [-0.25, -0.2) is 9.13 Å². The number of hydrogen-bond acceptors (Lipinski definition) is 15. The maximum absolute atomic E-state index is 13.1. The number of phosphoric acid groups is 2. The number of unbranched alkanes of at least 4 members (excludes halogenated alkanes) is 39. The van der Waals surface area contributed by atoms with Gasteiger partial charge in [-0.2, -0.15) is 0 Å². The van der Waals surface area contributed by atoms with E-state index in [-0.39, 0.29) is 25.7 Å². The third kappa shape index (κ3) is 67.0. The largest absolute Gasteiger partial charge is 0.472 e. The fraction of sp³-hybridized carbons (Fsp3) is 0.946. The van der Waals surface area contributed by atoms with Crippen molar-refractivity contribution in [2.45, 2.75) is 394 Å². The van der Waals surface area contributed by atoms with Crippen LogP contribution in [0.5, 0.6) is 0 Å². The fourth-order valence-electron chi connectivity index (χ4n) is 11.2. The Kier molecular flexibility index (Phi) is 63.4. The normalized spacial score (nSPS) is 14.4. The predicted molar refractivity (Wildman–Crippen MR) is 377 cm³/mol. The van der Waals surface area contributed by atoms with Crippen LogP contribution in [-0.4, -0.2) is 96.7 Å². The Morgan fingerprint density at radius 2 is 0.548 bits per heavy atom. The molecule has 0 saturated carbocycles. The van der Waals surface area contributed by atoms with Crippen molar-refractivity contribution in [3.63, 3.8) is 0 Å². The van der Waals surface area contributed by atoms with Crippen molar-refractivity contribution in [1.82, 2.24) is 0 Å². The van der Waals surface area contributed by atoms with E-state index in [1.165, 1.54) is 186 Å². The van der Waals surface area contributed by atoms with E-state index in [0.717, 1.165) is 108 Å². The molecule has 0 aromatic rings. The molecule has 0 aliphatic carbocycles. The number of hydrogen-bond donors (Lipinski definition) is 3. The summed E-state index contributed by atoms with van der Waals surface area (Å²) < 4.78 is 68.4. The first-order valence-corrected chi connectivity index (χ1v) is 41.4. The van der Waals surface area contributed by atoms with Gasteiger partial charge < -0.3 is 33.8 Å². The third-order valence-electron chi connectivity index (χ3n) is 17.5. The second kappa shape index (κ2) is 64.7. The van der Waals surface area contributed by atoms with Crippen LogP contribution in [0, 0.1) is 17.8 Å². The summed E-state index contributed by atoms with van der Waals surface area (Å²) in [6.07, 6.45) is 49.8. The molecule has 93 heavy (non-hydrogen) atoms. The highest BCUT2D eigenvalue weighted by atomic mass is 31.2. The van der Waals surface area contributed by atoms with Gasteiger partial charge in [-0.3, -0.25) is 37.3 Å². The molecule has 0 heterocycles. The van der Waals surface area contributed by atoms with E-state index in [0.29, 0.717) is 25.7 Å². The topological polar surface area (TPSA) is 237 Å². The average Bonchev–Trinajstić information content (AvgIpc) is 3.74. The van der Waals surface area contributed by atoms with Gasteiger partial charge >= 0.3 is 39.5 Å². The fourth-order valence-corrected chi connectivity index (χ4v) is 12.8. The number of phosphoric ester groups is 2. The lowest BCUT2D eigenvalue weighted by molar-refractivity contribution is -0.161. The van der Waals surface area contributed by atoms with Gasteiger partial charge in [0.15, 0.2) is 12.2 Å². The highest BCUT2D eigenvalue weighted by Gasteiger charge is 2.30. The number of ether oxygens (including phenoxy) is 4. The van der Waals surface area contributed by atoms with Gasteiger partial charge in [-0.15, -0.1) is 0 Å². The molecule has 0 aromatic carbocycles. The molecule has 552 valence electrons.